The lowest BCUT2D eigenvalue weighted by molar-refractivity contribution is 0.0390. The van der Waals surface area contributed by atoms with Gasteiger partial charge >= 0.3 is 0 Å². The third kappa shape index (κ3) is 3.52. The van der Waals surface area contributed by atoms with Crippen molar-refractivity contribution in [2.45, 2.75) is 6.10 Å². The highest BCUT2D eigenvalue weighted by Crippen LogP contribution is 2.25. The number of aromatic nitrogens is 3. The molecule has 1 aliphatic heterocycles. The molecule has 26 heavy (non-hydrogen) atoms. The Kier molecular flexibility index (Phi) is 4.53. The molecule has 1 atom stereocenters. The van der Waals surface area contributed by atoms with E-state index in [9.17, 15) is 8.78 Å². The van der Waals surface area contributed by atoms with Crippen LogP contribution in [0.2, 0.25) is 0 Å². The van der Waals surface area contributed by atoms with Crippen LogP contribution in [0.5, 0.6) is 0 Å². The SMILES string of the molecule is Fc1cccc(-c2ncnc(N3CCOC(c4cccc(F)c4)C3)n2)c1. The molecule has 5 nitrogen and oxygen atoms in total. The van der Waals surface area contributed by atoms with E-state index in [4.69, 9.17) is 4.74 Å². The van der Waals surface area contributed by atoms with Gasteiger partial charge in [0.15, 0.2) is 5.82 Å². The first-order chi connectivity index (χ1) is 12.7. The number of hydrogen-bond donors (Lipinski definition) is 0. The van der Waals surface area contributed by atoms with Gasteiger partial charge in [-0.25, -0.2) is 18.7 Å². The van der Waals surface area contributed by atoms with E-state index >= 15 is 0 Å². The number of morpholine rings is 1. The zero-order chi connectivity index (χ0) is 17.9. The van der Waals surface area contributed by atoms with Crippen molar-refractivity contribution in [3.8, 4) is 11.4 Å². The molecule has 3 aromatic rings. The summed E-state index contributed by atoms with van der Waals surface area (Å²) in [5.41, 5.74) is 1.36. The average molecular weight is 354 g/mol. The topological polar surface area (TPSA) is 51.1 Å². The minimum atomic E-state index is -0.345. The van der Waals surface area contributed by atoms with Gasteiger partial charge in [-0.05, 0) is 29.8 Å². The molecule has 0 aliphatic carbocycles. The van der Waals surface area contributed by atoms with Crippen LogP contribution >= 0.6 is 0 Å². The smallest absolute Gasteiger partial charge is 0.229 e. The van der Waals surface area contributed by atoms with Crippen molar-refractivity contribution in [3.05, 3.63) is 72.1 Å². The van der Waals surface area contributed by atoms with Crippen LogP contribution in [0.4, 0.5) is 14.7 Å². The summed E-state index contributed by atoms with van der Waals surface area (Å²) in [7, 11) is 0. The van der Waals surface area contributed by atoms with Gasteiger partial charge in [0.05, 0.1) is 13.2 Å². The number of rotatable bonds is 3. The molecule has 1 unspecified atom stereocenters. The Morgan fingerprint density at radius 1 is 1.00 bits per heavy atom. The fourth-order valence-electron chi connectivity index (χ4n) is 2.95. The minimum Gasteiger partial charge on any atom is -0.370 e. The second-order valence-electron chi connectivity index (χ2n) is 5.98. The van der Waals surface area contributed by atoms with E-state index < -0.39 is 0 Å². The van der Waals surface area contributed by atoms with Crippen molar-refractivity contribution in [3.63, 3.8) is 0 Å². The van der Waals surface area contributed by atoms with E-state index in [1.54, 1.807) is 18.2 Å². The average Bonchev–Trinajstić information content (AvgIpc) is 2.68. The molecule has 1 aromatic heterocycles. The van der Waals surface area contributed by atoms with Gasteiger partial charge in [0.2, 0.25) is 5.95 Å². The number of nitrogens with zero attached hydrogens (tertiary/aromatic N) is 4. The second kappa shape index (κ2) is 7.13. The summed E-state index contributed by atoms with van der Waals surface area (Å²) < 4.78 is 32.7. The highest BCUT2D eigenvalue weighted by molar-refractivity contribution is 5.56. The van der Waals surface area contributed by atoms with Crippen LogP contribution in [0, 0.1) is 11.6 Å². The third-order valence-corrected chi connectivity index (χ3v) is 4.21. The van der Waals surface area contributed by atoms with E-state index in [1.165, 1.54) is 30.6 Å². The van der Waals surface area contributed by atoms with Crippen LogP contribution in [0.15, 0.2) is 54.9 Å². The summed E-state index contributed by atoms with van der Waals surface area (Å²) in [6, 6.07) is 12.5. The van der Waals surface area contributed by atoms with Crippen LogP contribution in [0.1, 0.15) is 11.7 Å². The highest BCUT2D eigenvalue weighted by atomic mass is 19.1. The molecule has 0 N–H and O–H groups in total. The van der Waals surface area contributed by atoms with E-state index in [-0.39, 0.29) is 17.7 Å². The van der Waals surface area contributed by atoms with Gasteiger partial charge in [-0.2, -0.15) is 4.98 Å². The summed E-state index contributed by atoms with van der Waals surface area (Å²) in [5.74, 6) is 0.256. The van der Waals surface area contributed by atoms with Gasteiger partial charge < -0.3 is 9.64 Å². The molecule has 1 fully saturated rings. The summed E-state index contributed by atoms with van der Waals surface area (Å²) in [4.78, 5) is 14.8. The lowest BCUT2D eigenvalue weighted by atomic mass is 10.1. The first-order valence-corrected chi connectivity index (χ1v) is 8.26. The first kappa shape index (κ1) is 16.5. The number of halogens is 2. The maximum atomic E-state index is 13.5. The molecule has 0 bridgehead atoms. The standard InChI is InChI=1S/C19H16F2N4O/c20-15-5-1-3-13(9-15)17-11-25(7-8-26-17)19-23-12-22-18(24-19)14-4-2-6-16(21)10-14/h1-6,9-10,12,17H,7-8,11H2. The van der Waals surface area contributed by atoms with Gasteiger partial charge in [-0.3, -0.25) is 0 Å². The molecular formula is C19H16F2N4O. The lowest BCUT2D eigenvalue weighted by Crippen LogP contribution is -2.39. The highest BCUT2D eigenvalue weighted by Gasteiger charge is 2.24. The van der Waals surface area contributed by atoms with E-state index in [0.717, 1.165) is 5.56 Å². The Bertz CT molecular complexity index is 921. The quantitative estimate of drug-likeness (QED) is 0.722. The Morgan fingerprint density at radius 3 is 2.62 bits per heavy atom. The molecule has 0 spiro atoms. The molecule has 0 amide bonds. The summed E-state index contributed by atoms with van der Waals surface area (Å²) in [5, 5.41) is 0. The zero-order valence-corrected chi connectivity index (χ0v) is 13.8. The zero-order valence-electron chi connectivity index (χ0n) is 13.8. The molecule has 2 heterocycles. The Labute approximate surface area is 149 Å². The number of ether oxygens (including phenoxy) is 1. The first-order valence-electron chi connectivity index (χ1n) is 8.26. The summed E-state index contributed by atoms with van der Waals surface area (Å²) in [6.07, 6.45) is 1.14. The Hall–Kier alpha value is -2.93. The van der Waals surface area contributed by atoms with Crippen LogP contribution in [-0.2, 0) is 4.74 Å². The van der Waals surface area contributed by atoms with Crippen molar-refractivity contribution in [2.75, 3.05) is 24.6 Å². The normalized spacial score (nSPS) is 17.3. The van der Waals surface area contributed by atoms with E-state index in [2.05, 4.69) is 15.0 Å². The maximum Gasteiger partial charge on any atom is 0.229 e. The Balaban J connectivity index is 1.58. The Morgan fingerprint density at radius 2 is 1.81 bits per heavy atom. The number of benzene rings is 2. The van der Waals surface area contributed by atoms with Crippen molar-refractivity contribution in [1.29, 1.82) is 0 Å². The number of hydrogen-bond acceptors (Lipinski definition) is 5. The van der Waals surface area contributed by atoms with Gasteiger partial charge in [0.1, 0.15) is 24.1 Å². The third-order valence-electron chi connectivity index (χ3n) is 4.21. The number of anilines is 1. The molecule has 1 saturated heterocycles. The predicted octanol–water partition coefficient (Wildman–Crippen LogP) is 3.39. The van der Waals surface area contributed by atoms with Crippen molar-refractivity contribution >= 4 is 5.95 Å². The van der Waals surface area contributed by atoms with E-state index in [1.807, 2.05) is 11.0 Å². The van der Waals surface area contributed by atoms with Gasteiger partial charge in [-0.1, -0.05) is 24.3 Å². The fraction of sp³-hybridized carbons (Fsp3) is 0.211. The van der Waals surface area contributed by atoms with Crippen LogP contribution in [0.25, 0.3) is 11.4 Å². The molecule has 1 aliphatic rings. The fourth-order valence-corrected chi connectivity index (χ4v) is 2.95. The summed E-state index contributed by atoms with van der Waals surface area (Å²) >= 11 is 0. The molecule has 0 radical (unpaired) electrons. The van der Waals surface area contributed by atoms with Gasteiger partial charge in [0.25, 0.3) is 0 Å². The summed E-state index contributed by atoms with van der Waals surface area (Å²) in [6.45, 7) is 1.58. The predicted molar refractivity (Wildman–Crippen MR) is 92.5 cm³/mol. The van der Waals surface area contributed by atoms with Crippen molar-refractivity contribution < 1.29 is 13.5 Å². The second-order valence-corrected chi connectivity index (χ2v) is 5.98. The van der Waals surface area contributed by atoms with Gasteiger partial charge in [-0.15, -0.1) is 0 Å². The minimum absolute atomic E-state index is 0.270. The van der Waals surface area contributed by atoms with Crippen LogP contribution < -0.4 is 4.90 Å². The molecule has 7 heteroatoms. The maximum absolute atomic E-state index is 13.5. The van der Waals surface area contributed by atoms with Crippen molar-refractivity contribution in [2.24, 2.45) is 0 Å². The van der Waals surface area contributed by atoms with E-state index in [0.29, 0.717) is 37.0 Å². The lowest BCUT2D eigenvalue weighted by Gasteiger charge is -2.33. The van der Waals surface area contributed by atoms with Gasteiger partial charge in [0, 0.05) is 12.1 Å². The largest absolute Gasteiger partial charge is 0.370 e. The molecule has 0 saturated carbocycles. The van der Waals surface area contributed by atoms with Crippen LogP contribution in [-0.4, -0.2) is 34.6 Å². The van der Waals surface area contributed by atoms with Crippen molar-refractivity contribution in [1.82, 2.24) is 15.0 Å². The molecule has 132 valence electrons. The molecule has 2 aromatic carbocycles. The van der Waals surface area contributed by atoms with Crippen LogP contribution in [0.3, 0.4) is 0 Å². The molecule has 4 rings (SSSR count). The molecular weight excluding hydrogens is 338 g/mol. The monoisotopic (exact) mass is 354 g/mol.